The normalized spacial score (nSPS) is 12.2. The molecule has 1 rings (SSSR count). The zero-order chi connectivity index (χ0) is 13.2. The SMILES string of the molecule is CC(C)NCc1cc(Cl)cc(C(F)(F)F)c1N. The van der Waals surface area contributed by atoms with E-state index in [0.717, 1.165) is 6.07 Å². The van der Waals surface area contributed by atoms with Gasteiger partial charge in [-0.15, -0.1) is 0 Å². The van der Waals surface area contributed by atoms with Gasteiger partial charge in [-0.05, 0) is 17.7 Å². The molecule has 0 aliphatic heterocycles. The van der Waals surface area contributed by atoms with Gasteiger partial charge in [0.2, 0.25) is 0 Å². The minimum absolute atomic E-state index is 0.0343. The minimum Gasteiger partial charge on any atom is -0.398 e. The molecule has 6 heteroatoms. The standard InChI is InChI=1S/C11H14ClF3N2/c1-6(2)17-5-7-3-8(12)4-9(10(7)16)11(13,14)15/h3-4,6,17H,5,16H2,1-2H3. The Labute approximate surface area is 103 Å². The number of alkyl halides is 3. The van der Waals surface area contributed by atoms with Crippen LogP contribution in [0.3, 0.4) is 0 Å². The van der Waals surface area contributed by atoms with Crippen LogP contribution in [0.2, 0.25) is 5.02 Å². The molecule has 0 bridgehead atoms. The van der Waals surface area contributed by atoms with Gasteiger partial charge >= 0.3 is 6.18 Å². The number of nitrogens with one attached hydrogen (secondary N) is 1. The third kappa shape index (κ3) is 3.78. The molecule has 0 spiro atoms. The summed E-state index contributed by atoms with van der Waals surface area (Å²) in [6.07, 6.45) is -4.48. The summed E-state index contributed by atoms with van der Waals surface area (Å²) in [5, 5.41) is 3.04. The Bertz CT molecular complexity index is 402. The lowest BCUT2D eigenvalue weighted by atomic mass is 10.1. The maximum absolute atomic E-state index is 12.6. The Kier molecular flexibility index (Phi) is 4.27. The molecule has 96 valence electrons. The van der Waals surface area contributed by atoms with Crippen LogP contribution in [0.5, 0.6) is 0 Å². The van der Waals surface area contributed by atoms with Gasteiger partial charge in [-0.3, -0.25) is 0 Å². The maximum atomic E-state index is 12.6. The molecular formula is C11H14ClF3N2. The topological polar surface area (TPSA) is 38.0 Å². The average Bonchev–Trinajstić information content (AvgIpc) is 2.17. The first-order valence-corrected chi connectivity index (χ1v) is 5.48. The van der Waals surface area contributed by atoms with Crippen molar-refractivity contribution in [1.29, 1.82) is 0 Å². The van der Waals surface area contributed by atoms with Crippen LogP contribution in [0, 0.1) is 0 Å². The first-order valence-electron chi connectivity index (χ1n) is 5.10. The largest absolute Gasteiger partial charge is 0.418 e. The summed E-state index contributed by atoms with van der Waals surface area (Å²) in [6, 6.07) is 2.44. The fraction of sp³-hybridized carbons (Fsp3) is 0.455. The van der Waals surface area contributed by atoms with E-state index >= 15 is 0 Å². The summed E-state index contributed by atoms with van der Waals surface area (Å²) in [7, 11) is 0. The predicted molar refractivity (Wildman–Crippen MR) is 62.8 cm³/mol. The number of rotatable bonds is 3. The number of halogens is 4. The third-order valence-corrected chi connectivity index (χ3v) is 2.45. The molecule has 0 saturated carbocycles. The monoisotopic (exact) mass is 266 g/mol. The number of hydrogen-bond acceptors (Lipinski definition) is 2. The molecule has 1 aromatic carbocycles. The molecule has 0 aliphatic rings. The highest BCUT2D eigenvalue weighted by atomic mass is 35.5. The van der Waals surface area contributed by atoms with Crippen molar-refractivity contribution in [3.05, 3.63) is 28.3 Å². The average molecular weight is 267 g/mol. The Morgan fingerprint density at radius 2 is 1.94 bits per heavy atom. The summed E-state index contributed by atoms with van der Waals surface area (Å²) in [4.78, 5) is 0. The molecule has 3 N–H and O–H groups in total. The second kappa shape index (κ2) is 5.14. The van der Waals surface area contributed by atoms with Crippen LogP contribution < -0.4 is 11.1 Å². The van der Waals surface area contributed by atoms with Crippen LogP contribution in [-0.4, -0.2) is 6.04 Å². The molecule has 0 saturated heterocycles. The smallest absolute Gasteiger partial charge is 0.398 e. The quantitative estimate of drug-likeness (QED) is 0.823. The van der Waals surface area contributed by atoms with Crippen LogP contribution in [0.1, 0.15) is 25.0 Å². The maximum Gasteiger partial charge on any atom is 0.418 e. The first-order chi connectivity index (χ1) is 7.71. The lowest BCUT2D eigenvalue weighted by Crippen LogP contribution is -2.23. The molecule has 0 atom stereocenters. The van der Waals surface area contributed by atoms with Crippen LogP contribution in [0.4, 0.5) is 18.9 Å². The Morgan fingerprint density at radius 3 is 2.41 bits per heavy atom. The summed E-state index contributed by atoms with van der Waals surface area (Å²) in [5.41, 5.74) is 4.71. The number of hydrogen-bond donors (Lipinski definition) is 2. The Hall–Kier alpha value is -0.940. The van der Waals surface area contributed by atoms with Crippen molar-refractivity contribution < 1.29 is 13.2 Å². The van der Waals surface area contributed by atoms with Gasteiger partial charge in [-0.25, -0.2) is 0 Å². The van der Waals surface area contributed by atoms with Gasteiger partial charge in [0.1, 0.15) is 0 Å². The van der Waals surface area contributed by atoms with Crippen molar-refractivity contribution in [1.82, 2.24) is 5.32 Å². The van der Waals surface area contributed by atoms with Crippen LogP contribution in [-0.2, 0) is 12.7 Å². The van der Waals surface area contributed by atoms with Crippen molar-refractivity contribution in [3.63, 3.8) is 0 Å². The van der Waals surface area contributed by atoms with Crippen molar-refractivity contribution in [2.24, 2.45) is 0 Å². The molecule has 0 unspecified atom stereocenters. The van der Waals surface area contributed by atoms with E-state index in [9.17, 15) is 13.2 Å². The van der Waals surface area contributed by atoms with Crippen LogP contribution in [0.15, 0.2) is 12.1 Å². The predicted octanol–water partition coefficient (Wildman–Crippen LogP) is 3.44. The van der Waals surface area contributed by atoms with Crippen LogP contribution >= 0.6 is 11.6 Å². The van der Waals surface area contributed by atoms with Gasteiger partial charge in [0.15, 0.2) is 0 Å². The van der Waals surface area contributed by atoms with E-state index in [-0.39, 0.29) is 23.3 Å². The lowest BCUT2D eigenvalue weighted by molar-refractivity contribution is -0.136. The molecule has 1 aromatic rings. The van der Waals surface area contributed by atoms with Gasteiger partial charge in [0.05, 0.1) is 5.56 Å². The van der Waals surface area contributed by atoms with E-state index in [1.807, 2.05) is 13.8 Å². The lowest BCUT2D eigenvalue weighted by Gasteiger charge is -2.16. The molecule has 17 heavy (non-hydrogen) atoms. The summed E-state index contributed by atoms with van der Waals surface area (Å²) >= 11 is 5.66. The second-order valence-corrected chi connectivity index (χ2v) is 4.50. The zero-order valence-corrected chi connectivity index (χ0v) is 10.3. The van der Waals surface area contributed by atoms with Crippen molar-refractivity contribution >= 4 is 17.3 Å². The third-order valence-electron chi connectivity index (χ3n) is 2.24. The van der Waals surface area contributed by atoms with E-state index < -0.39 is 11.7 Å². The van der Waals surface area contributed by atoms with E-state index in [4.69, 9.17) is 17.3 Å². The van der Waals surface area contributed by atoms with Gasteiger partial charge in [-0.2, -0.15) is 13.2 Å². The van der Waals surface area contributed by atoms with E-state index in [2.05, 4.69) is 5.32 Å². The molecular weight excluding hydrogens is 253 g/mol. The number of benzene rings is 1. The highest BCUT2D eigenvalue weighted by molar-refractivity contribution is 6.30. The molecule has 0 radical (unpaired) electrons. The van der Waals surface area contributed by atoms with E-state index in [0.29, 0.717) is 5.56 Å². The summed E-state index contributed by atoms with van der Waals surface area (Å²) in [5.74, 6) is 0. The Morgan fingerprint density at radius 1 is 1.35 bits per heavy atom. The van der Waals surface area contributed by atoms with Crippen molar-refractivity contribution in [2.75, 3.05) is 5.73 Å². The summed E-state index contributed by atoms with van der Waals surface area (Å²) in [6.45, 7) is 4.05. The van der Waals surface area contributed by atoms with E-state index in [1.165, 1.54) is 6.07 Å². The first kappa shape index (κ1) is 14.1. The molecule has 2 nitrogen and oxygen atoms in total. The molecule has 0 aliphatic carbocycles. The molecule has 0 aromatic heterocycles. The van der Waals surface area contributed by atoms with E-state index in [1.54, 1.807) is 0 Å². The minimum atomic E-state index is -4.48. The fourth-order valence-electron chi connectivity index (χ4n) is 1.37. The van der Waals surface area contributed by atoms with Crippen molar-refractivity contribution in [3.8, 4) is 0 Å². The second-order valence-electron chi connectivity index (χ2n) is 4.06. The van der Waals surface area contributed by atoms with Crippen molar-refractivity contribution in [2.45, 2.75) is 32.6 Å². The highest BCUT2D eigenvalue weighted by Crippen LogP contribution is 2.37. The molecule has 0 fully saturated rings. The fourth-order valence-corrected chi connectivity index (χ4v) is 1.61. The Balaban J connectivity index is 3.11. The van der Waals surface area contributed by atoms with Gasteiger partial charge in [0, 0.05) is 23.3 Å². The zero-order valence-electron chi connectivity index (χ0n) is 9.53. The van der Waals surface area contributed by atoms with Gasteiger partial charge in [-0.1, -0.05) is 25.4 Å². The number of nitrogen functional groups attached to an aromatic ring is 1. The summed E-state index contributed by atoms with van der Waals surface area (Å²) < 4.78 is 37.9. The number of anilines is 1. The van der Waals surface area contributed by atoms with Gasteiger partial charge in [0.25, 0.3) is 0 Å². The highest BCUT2D eigenvalue weighted by Gasteiger charge is 2.34. The van der Waals surface area contributed by atoms with Crippen LogP contribution in [0.25, 0.3) is 0 Å². The van der Waals surface area contributed by atoms with Gasteiger partial charge < -0.3 is 11.1 Å². The molecule has 0 heterocycles. The number of nitrogens with two attached hydrogens (primary N) is 1. The molecule has 0 amide bonds.